The molecule has 41 heavy (non-hydrogen) atoms. The maximum absolute atomic E-state index is 13.3. The van der Waals surface area contributed by atoms with Crippen LogP contribution < -0.4 is 15.4 Å². The van der Waals surface area contributed by atoms with Crippen molar-refractivity contribution in [3.63, 3.8) is 0 Å². The Morgan fingerprint density at radius 3 is 2.41 bits per heavy atom. The fourth-order valence-electron chi connectivity index (χ4n) is 5.17. The van der Waals surface area contributed by atoms with Gasteiger partial charge >= 0.3 is 18.4 Å². The molecule has 2 aromatic rings. The van der Waals surface area contributed by atoms with Crippen LogP contribution in [0.3, 0.4) is 0 Å². The number of carbonyl (C=O) groups excluding carboxylic acids is 2. The van der Waals surface area contributed by atoms with E-state index in [1.807, 2.05) is 6.07 Å². The highest BCUT2D eigenvalue weighted by Crippen LogP contribution is 2.50. The number of alkyl halides is 6. The molecule has 2 aromatic carbocycles. The Morgan fingerprint density at radius 2 is 1.76 bits per heavy atom. The maximum atomic E-state index is 13.3. The molecule has 7 nitrogen and oxygen atoms in total. The Hall–Kier alpha value is -3.48. The minimum Gasteiger partial charge on any atom is -0.493 e. The van der Waals surface area contributed by atoms with Crippen molar-refractivity contribution in [2.24, 2.45) is 0 Å². The summed E-state index contributed by atoms with van der Waals surface area (Å²) in [7, 11) is 0. The normalized spacial score (nSPS) is 19.3. The van der Waals surface area contributed by atoms with E-state index in [1.54, 1.807) is 26.0 Å². The summed E-state index contributed by atoms with van der Waals surface area (Å²) in [6, 6.07) is 7.30. The number of amides is 3. The molecule has 1 fully saturated rings. The van der Waals surface area contributed by atoms with Crippen LogP contribution in [0, 0.1) is 0 Å². The van der Waals surface area contributed by atoms with Crippen LogP contribution >= 0.6 is 0 Å². The van der Waals surface area contributed by atoms with E-state index in [2.05, 4.69) is 10.6 Å². The quantitative estimate of drug-likeness (QED) is 0.193. The van der Waals surface area contributed by atoms with Gasteiger partial charge in [-0.3, -0.25) is 9.69 Å². The lowest BCUT2D eigenvalue weighted by Crippen LogP contribution is -2.54. The van der Waals surface area contributed by atoms with E-state index in [-0.39, 0.29) is 25.1 Å². The van der Waals surface area contributed by atoms with E-state index >= 15 is 0 Å². The van der Waals surface area contributed by atoms with Gasteiger partial charge < -0.3 is 20.5 Å². The van der Waals surface area contributed by atoms with Crippen molar-refractivity contribution in [1.29, 1.82) is 0 Å². The molecule has 1 saturated heterocycles. The Morgan fingerprint density at radius 1 is 1.05 bits per heavy atom. The molecule has 0 aliphatic carbocycles. The third-order valence-electron chi connectivity index (χ3n) is 7.53. The molecule has 2 heterocycles. The first-order valence-electron chi connectivity index (χ1n) is 13.3. The third-order valence-corrected chi connectivity index (χ3v) is 7.53. The lowest BCUT2D eigenvalue weighted by Gasteiger charge is -2.33. The molecule has 13 heteroatoms. The number of benzene rings is 2. The van der Waals surface area contributed by atoms with Crippen molar-refractivity contribution in [3.05, 3.63) is 58.7 Å². The number of rotatable bonds is 10. The van der Waals surface area contributed by atoms with E-state index in [0.29, 0.717) is 49.6 Å². The second-order valence-corrected chi connectivity index (χ2v) is 10.4. The van der Waals surface area contributed by atoms with E-state index in [1.165, 1.54) is 0 Å². The molecule has 0 spiro atoms. The van der Waals surface area contributed by atoms with Gasteiger partial charge in [-0.1, -0.05) is 31.5 Å². The van der Waals surface area contributed by atoms with Crippen molar-refractivity contribution >= 4 is 17.6 Å². The highest BCUT2D eigenvalue weighted by molar-refractivity contribution is 6.07. The van der Waals surface area contributed by atoms with E-state index in [0.717, 1.165) is 28.3 Å². The smallest absolute Gasteiger partial charge is 0.430 e. The molecule has 2 aliphatic rings. The van der Waals surface area contributed by atoms with Crippen LogP contribution in [0.25, 0.3) is 0 Å². The van der Waals surface area contributed by atoms with Crippen molar-refractivity contribution in [2.45, 2.75) is 69.4 Å². The summed E-state index contributed by atoms with van der Waals surface area (Å²) < 4.78 is 85.5. The fourth-order valence-corrected chi connectivity index (χ4v) is 5.17. The van der Waals surface area contributed by atoms with Crippen molar-refractivity contribution in [3.8, 4) is 5.75 Å². The first-order chi connectivity index (χ1) is 19.1. The second-order valence-electron chi connectivity index (χ2n) is 10.4. The van der Waals surface area contributed by atoms with E-state index < -0.39 is 41.0 Å². The predicted octanol–water partition coefficient (Wildman–Crippen LogP) is 5.55. The maximum Gasteiger partial charge on any atom is 0.430 e. The molecule has 0 radical (unpaired) electrons. The number of aliphatic hydroxyl groups is 1. The minimum atomic E-state index is -5.96. The number of nitrogens with zero attached hydrogens (tertiary/aromatic N) is 1. The lowest BCUT2D eigenvalue weighted by molar-refractivity contribution is -0.376. The number of fused-ring (bicyclic) bond motifs is 1. The number of anilines is 1. The zero-order chi connectivity index (χ0) is 30.2. The standard InChI is InChI=1S/C28H31F6N3O4/c1-3-6-17-15-20(26(40,27(29,30)31)28(32,33)34)7-9-21(17)35-12-4-5-13-37-23(38)25(2,36-24(37)39)19-8-10-22-18(16-19)11-14-41-22/h7-10,15-16,35,40H,3-6,11-14H2,1-2H3,(H,36,39). The van der Waals surface area contributed by atoms with E-state index in [4.69, 9.17) is 4.74 Å². The summed E-state index contributed by atoms with van der Waals surface area (Å²) >= 11 is 0. The summed E-state index contributed by atoms with van der Waals surface area (Å²) in [5.74, 6) is 0.364. The van der Waals surface area contributed by atoms with E-state index in [9.17, 15) is 41.0 Å². The minimum absolute atomic E-state index is 0.126. The average molecular weight is 588 g/mol. The van der Waals surface area contributed by atoms with Gasteiger partial charge in [-0.05, 0) is 61.1 Å². The summed E-state index contributed by atoms with van der Waals surface area (Å²) in [4.78, 5) is 27.0. The SMILES string of the molecule is CCCc1cc(C(O)(C(F)(F)F)C(F)(F)F)ccc1NCCCCN1C(=O)NC(C)(c2ccc3c(c2)CCO3)C1=O. The third kappa shape index (κ3) is 5.55. The number of unbranched alkanes of at least 4 members (excludes halogenated alkanes) is 1. The number of hydrogen-bond donors (Lipinski definition) is 3. The molecule has 4 rings (SSSR count). The van der Waals surface area contributed by atoms with Crippen LogP contribution in [0.15, 0.2) is 36.4 Å². The molecule has 3 N–H and O–H groups in total. The number of halogens is 6. The van der Waals surface area contributed by atoms with Crippen LogP contribution in [-0.2, 0) is 28.8 Å². The van der Waals surface area contributed by atoms with Gasteiger partial charge in [-0.2, -0.15) is 26.3 Å². The zero-order valence-corrected chi connectivity index (χ0v) is 22.5. The Balaban J connectivity index is 1.38. The molecule has 3 amide bonds. The van der Waals surface area contributed by atoms with Gasteiger partial charge in [-0.15, -0.1) is 0 Å². The topological polar surface area (TPSA) is 90.9 Å². The number of nitrogens with one attached hydrogen (secondary N) is 2. The van der Waals surface area contributed by atoms with Gasteiger partial charge in [0.2, 0.25) is 0 Å². The zero-order valence-electron chi connectivity index (χ0n) is 22.5. The van der Waals surface area contributed by atoms with Crippen LogP contribution in [0.4, 0.5) is 36.8 Å². The molecule has 1 atom stereocenters. The monoisotopic (exact) mass is 587 g/mol. The van der Waals surface area contributed by atoms with Gasteiger partial charge in [0.05, 0.1) is 6.61 Å². The lowest BCUT2D eigenvalue weighted by atomic mass is 9.89. The first kappa shape index (κ1) is 30.5. The van der Waals surface area contributed by atoms with Crippen LogP contribution in [0.2, 0.25) is 0 Å². The number of hydrogen-bond acceptors (Lipinski definition) is 5. The summed E-state index contributed by atoms with van der Waals surface area (Å²) in [5, 5.41) is 15.5. The van der Waals surface area contributed by atoms with Crippen LogP contribution in [0.1, 0.15) is 55.4 Å². The number of aryl methyl sites for hydroxylation is 1. The van der Waals surface area contributed by atoms with Gasteiger partial charge in [-0.25, -0.2) is 4.79 Å². The highest BCUT2D eigenvalue weighted by atomic mass is 19.4. The molecule has 0 saturated carbocycles. The van der Waals surface area contributed by atoms with Crippen molar-refractivity contribution in [2.75, 3.05) is 25.0 Å². The largest absolute Gasteiger partial charge is 0.493 e. The van der Waals surface area contributed by atoms with Crippen molar-refractivity contribution < 1.29 is 45.8 Å². The van der Waals surface area contributed by atoms with Gasteiger partial charge in [0.1, 0.15) is 11.3 Å². The number of carbonyl (C=O) groups is 2. The molecule has 0 aromatic heterocycles. The van der Waals surface area contributed by atoms with Crippen LogP contribution in [0.5, 0.6) is 5.75 Å². The molecule has 1 unspecified atom stereocenters. The van der Waals surface area contributed by atoms with Crippen LogP contribution in [-0.4, -0.2) is 54.0 Å². The summed E-state index contributed by atoms with van der Waals surface area (Å²) in [6.45, 7) is 4.33. The number of ether oxygens (including phenoxy) is 1. The molecule has 224 valence electrons. The summed E-state index contributed by atoms with van der Waals surface area (Å²) in [5.41, 5.74) is -5.37. The van der Waals surface area contributed by atoms with Crippen molar-refractivity contribution in [1.82, 2.24) is 10.2 Å². The fraction of sp³-hybridized carbons (Fsp3) is 0.500. The summed E-state index contributed by atoms with van der Waals surface area (Å²) in [6.07, 6.45) is -9.74. The molecular weight excluding hydrogens is 556 g/mol. The highest BCUT2D eigenvalue weighted by Gasteiger charge is 2.71. The molecule has 2 aliphatic heterocycles. The van der Waals surface area contributed by atoms with Gasteiger partial charge in [0, 0.05) is 30.8 Å². The Bertz CT molecular complexity index is 1300. The predicted molar refractivity (Wildman–Crippen MR) is 137 cm³/mol. The number of imide groups is 1. The number of urea groups is 1. The Labute approximate surface area is 232 Å². The molecular formula is C28H31F6N3O4. The van der Waals surface area contributed by atoms with Gasteiger partial charge in [0.15, 0.2) is 0 Å². The first-order valence-corrected chi connectivity index (χ1v) is 13.3. The Kier molecular flexibility index (Phi) is 8.23. The second kappa shape index (κ2) is 11.1. The molecule has 0 bridgehead atoms. The average Bonchev–Trinajstić information content (AvgIpc) is 3.45. The van der Waals surface area contributed by atoms with Gasteiger partial charge in [0.25, 0.3) is 11.5 Å².